The molecule has 0 fully saturated rings. The maximum atomic E-state index is 2.22. The van der Waals surface area contributed by atoms with Gasteiger partial charge >= 0.3 is 0 Å². The third-order valence-corrected chi connectivity index (χ3v) is 4.05. The van der Waals surface area contributed by atoms with Gasteiger partial charge in [-0.15, -0.1) is 0 Å². The minimum atomic E-state index is 1.28. The molecule has 0 heteroatoms. The van der Waals surface area contributed by atoms with Crippen LogP contribution in [-0.4, -0.2) is 0 Å². The Morgan fingerprint density at radius 3 is 1.86 bits per heavy atom. The molecule has 3 aromatic rings. The summed E-state index contributed by atoms with van der Waals surface area (Å²) in [5, 5.41) is 0. The van der Waals surface area contributed by atoms with Crippen molar-refractivity contribution in [3.63, 3.8) is 0 Å². The van der Waals surface area contributed by atoms with Gasteiger partial charge in [-0.2, -0.15) is 0 Å². The summed E-state index contributed by atoms with van der Waals surface area (Å²) in [7, 11) is 0. The molecule has 0 saturated carbocycles. The van der Waals surface area contributed by atoms with E-state index in [0.717, 1.165) is 0 Å². The normalized spacial score (nSPS) is 10.6. The Hall–Kier alpha value is -2.34. The van der Waals surface area contributed by atoms with Crippen LogP contribution in [-0.2, 0) is 0 Å². The maximum Gasteiger partial charge on any atom is -0.00735 e. The standard InChI is InChI=1S/C21H20/c1-15-11-13-18(14-12-15)20-10-6-8-17(3)21(20)19-9-5-4-7-16(19)2/h4-14H,1-3H3. The Balaban J connectivity index is 2.26. The molecule has 0 nitrogen and oxygen atoms in total. The summed E-state index contributed by atoms with van der Waals surface area (Å²) in [6.45, 7) is 6.50. The van der Waals surface area contributed by atoms with Crippen LogP contribution >= 0.6 is 0 Å². The van der Waals surface area contributed by atoms with E-state index in [0.29, 0.717) is 0 Å². The lowest BCUT2D eigenvalue weighted by atomic mass is 9.89. The van der Waals surface area contributed by atoms with Gasteiger partial charge in [0.2, 0.25) is 0 Å². The van der Waals surface area contributed by atoms with Gasteiger partial charge in [0.25, 0.3) is 0 Å². The molecule has 0 unspecified atom stereocenters. The molecule has 21 heavy (non-hydrogen) atoms. The van der Waals surface area contributed by atoms with Crippen molar-refractivity contribution in [3.05, 3.63) is 83.4 Å². The minimum absolute atomic E-state index is 1.28. The predicted molar refractivity (Wildman–Crippen MR) is 91.5 cm³/mol. The summed E-state index contributed by atoms with van der Waals surface area (Å²) < 4.78 is 0. The van der Waals surface area contributed by atoms with Crippen LogP contribution in [0, 0.1) is 20.8 Å². The van der Waals surface area contributed by atoms with Crippen LogP contribution in [0.5, 0.6) is 0 Å². The third-order valence-electron chi connectivity index (χ3n) is 4.05. The highest BCUT2D eigenvalue weighted by Gasteiger charge is 2.11. The molecule has 0 saturated heterocycles. The molecule has 3 rings (SSSR count). The quantitative estimate of drug-likeness (QED) is 0.541. The summed E-state index contributed by atoms with van der Waals surface area (Å²) in [6.07, 6.45) is 0. The third kappa shape index (κ3) is 2.62. The fourth-order valence-electron chi connectivity index (χ4n) is 2.85. The maximum absolute atomic E-state index is 2.22. The van der Waals surface area contributed by atoms with Gasteiger partial charge in [-0.05, 0) is 54.2 Å². The van der Waals surface area contributed by atoms with Gasteiger partial charge in [-0.25, -0.2) is 0 Å². The van der Waals surface area contributed by atoms with E-state index in [2.05, 4.69) is 87.5 Å². The van der Waals surface area contributed by atoms with Crippen molar-refractivity contribution in [2.24, 2.45) is 0 Å². The van der Waals surface area contributed by atoms with Gasteiger partial charge in [0.15, 0.2) is 0 Å². The van der Waals surface area contributed by atoms with E-state index in [9.17, 15) is 0 Å². The van der Waals surface area contributed by atoms with Crippen LogP contribution in [0.4, 0.5) is 0 Å². The summed E-state index contributed by atoms with van der Waals surface area (Å²) in [6, 6.07) is 24.0. The number of benzene rings is 3. The number of aryl methyl sites for hydroxylation is 3. The molecule has 0 aliphatic carbocycles. The Morgan fingerprint density at radius 2 is 1.14 bits per heavy atom. The fourth-order valence-corrected chi connectivity index (χ4v) is 2.85. The Labute approximate surface area is 127 Å². The first-order valence-electron chi connectivity index (χ1n) is 7.39. The van der Waals surface area contributed by atoms with E-state index in [1.54, 1.807) is 0 Å². The molecule has 0 aliphatic rings. The first kappa shape index (κ1) is 13.6. The summed E-state index contributed by atoms with van der Waals surface area (Å²) in [4.78, 5) is 0. The van der Waals surface area contributed by atoms with Gasteiger partial charge in [-0.3, -0.25) is 0 Å². The van der Waals surface area contributed by atoms with Gasteiger partial charge in [0.1, 0.15) is 0 Å². The second kappa shape index (κ2) is 5.57. The fraction of sp³-hybridized carbons (Fsp3) is 0.143. The second-order valence-electron chi connectivity index (χ2n) is 5.68. The number of rotatable bonds is 2. The molecular formula is C21H20. The zero-order valence-corrected chi connectivity index (χ0v) is 12.9. The molecule has 0 heterocycles. The van der Waals surface area contributed by atoms with E-state index < -0.39 is 0 Å². The van der Waals surface area contributed by atoms with E-state index in [1.807, 2.05) is 0 Å². The first-order valence-corrected chi connectivity index (χ1v) is 7.39. The highest BCUT2D eigenvalue weighted by Crippen LogP contribution is 2.36. The average Bonchev–Trinajstić information content (AvgIpc) is 2.49. The van der Waals surface area contributed by atoms with Crippen LogP contribution in [0.3, 0.4) is 0 Å². The molecule has 0 aromatic heterocycles. The molecule has 0 spiro atoms. The number of hydrogen-bond donors (Lipinski definition) is 0. The Morgan fingerprint density at radius 1 is 0.524 bits per heavy atom. The highest BCUT2D eigenvalue weighted by molar-refractivity contribution is 5.86. The van der Waals surface area contributed by atoms with Crippen LogP contribution in [0.2, 0.25) is 0 Å². The molecule has 3 aromatic carbocycles. The molecule has 0 atom stereocenters. The van der Waals surface area contributed by atoms with Crippen molar-refractivity contribution >= 4 is 0 Å². The smallest absolute Gasteiger partial charge is 0.00735 e. The summed E-state index contributed by atoms with van der Waals surface area (Å²) >= 11 is 0. The van der Waals surface area contributed by atoms with E-state index >= 15 is 0 Å². The molecule has 0 aliphatic heterocycles. The monoisotopic (exact) mass is 272 g/mol. The van der Waals surface area contributed by atoms with Gasteiger partial charge in [0, 0.05) is 0 Å². The largest absolute Gasteiger partial charge is 0.0620 e. The summed E-state index contributed by atoms with van der Waals surface area (Å²) in [5.74, 6) is 0. The van der Waals surface area contributed by atoms with Crippen LogP contribution in [0.15, 0.2) is 66.7 Å². The van der Waals surface area contributed by atoms with Crippen molar-refractivity contribution in [2.75, 3.05) is 0 Å². The van der Waals surface area contributed by atoms with Crippen molar-refractivity contribution in [2.45, 2.75) is 20.8 Å². The lowest BCUT2D eigenvalue weighted by Crippen LogP contribution is -1.91. The highest BCUT2D eigenvalue weighted by atomic mass is 14.1. The molecule has 0 bridgehead atoms. The zero-order valence-electron chi connectivity index (χ0n) is 12.9. The SMILES string of the molecule is Cc1ccc(-c2cccc(C)c2-c2ccccc2C)cc1. The lowest BCUT2D eigenvalue weighted by Gasteiger charge is -2.15. The molecule has 0 radical (unpaired) electrons. The topological polar surface area (TPSA) is 0 Å². The van der Waals surface area contributed by atoms with Gasteiger partial charge in [-0.1, -0.05) is 72.3 Å². The Kier molecular flexibility index (Phi) is 3.62. The lowest BCUT2D eigenvalue weighted by molar-refractivity contribution is 1.40. The van der Waals surface area contributed by atoms with E-state index in [1.165, 1.54) is 38.9 Å². The Bertz CT molecular complexity index is 764. The van der Waals surface area contributed by atoms with Crippen molar-refractivity contribution in [1.29, 1.82) is 0 Å². The first-order chi connectivity index (χ1) is 10.2. The zero-order chi connectivity index (χ0) is 14.8. The van der Waals surface area contributed by atoms with Crippen molar-refractivity contribution in [1.82, 2.24) is 0 Å². The molecular weight excluding hydrogens is 252 g/mol. The van der Waals surface area contributed by atoms with E-state index in [4.69, 9.17) is 0 Å². The second-order valence-corrected chi connectivity index (χ2v) is 5.68. The van der Waals surface area contributed by atoms with Crippen LogP contribution in [0.1, 0.15) is 16.7 Å². The van der Waals surface area contributed by atoms with Gasteiger partial charge in [0.05, 0.1) is 0 Å². The average molecular weight is 272 g/mol. The van der Waals surface area contributed by atoms with Crippen LogP contribution < -0.4 is 0 Å². The van der Waals surface area contributed by atoms with Crippen molar-refractivity contribution in [3.8, 4) is 22.3 Å². The van der Waals surface area contributed by atoms with Gasteiger partial charge < -0.3 is 0 Å². The molecule has 0 N–H and O–H groups in total. The van der Waals surface area contributed by atoms with Crippen LogP contribution in [0.25, 0.3) is 22.3 Å². The molecule has 0 amide bonds. The minimum Gasteiger partial charge on any atom is -0.0620 e. The predicted octanol–water partition coefficient (Wildman–Crippen LogP) is 5.95. The number of hydrogen-bond acceptors (Lipinski definition) is 0. The van der Waals surface area contributed by atoms with E-state index in [-0.39, 0.29) is 0 Å². The van der Waals surface area contributed by atoms with Crippen molar-refractivity contribution < 1.29 is 0 Å². The molecule has 104 valence electrons. The summed E-state index contributed by atoms with van der Waals surface area (Å²) in [5.41, 5.74) is 9.20.